The van der Waals surface area contributed by atoms with Crippen LogP contribution in [-0.2, 0) is 0 Å². The van der Waals surface area contributed by atoms with E-state index in [4.69, 9.17) is 0 Å². The van der Waals surface area contributed by atoms with Crippen LogP contribution in [0.1, 0.15) is 0 Å². The van der Waals surface area contributed by atoms with Gasteiger partial charge in [0, 0.05) is 0 Å². The third-order valence-electron chi connectivity index (χ3n) is 0. The monoisotopic (exact) mass is 166 g/mol. The van der Waals surface area contributed by atoms with Gasteiger partial charge in [0.25, 0.3) is 0 Å². The zero-order valence-corrected chi connectivity index (χ0v) is 3.50. The summed E-state index contributed by atoms with van der Waals surface area (Å²) in [5, 5.41) is 0. The predicted octanol–water partition coefficient (Wildman–Crippen LogP) is -6.42. The molecule has 0 saturated heterocycles. The maximum atomic E-state index is 0. The molecule has 0 radical (unpaired) electrons. The van der Waals surface area contributed by atoms with Gasteiger partial charge in [-0.1, -0.05) is 0 Å². The molecule has 14 N–H and O–H groups in total. The Morgan fingerprint density at radius 1 is 0.250 bits per heavy atom. The summed E-state index contributed by atoms with van der Waals surface area (Å²) in [6, 6.07) is 0. The van der Waals surface area contributed by atoms with Gasteiger partial charge in [-0.15, -0.1) is 0 Å². The van der Waals surface area contributed by atoms with Gasteiger partial charge in [0.05, 0.1) is 0 Å². The predicted molar refractivity (Wildman–Crippen MR) is 32.4 cm³/mol. The maximum absolute atomic E-state index is 0. The second kappa shape index (κ2) is 246. The first-order chi connectivity index (χ1) is 0. The van der Waals surface area contributed by atoms with E-state index >= 15 is 0 Å². The Labute approximate surface area is 88.7 Å². The summed E-state index contributed by atoms with van der Waals surface area (Å²) >= 11 is 0. The van der Waals surface area contributed by atoms with Crippen molar-refractivity contribution in [2.45, 2.75) is 0 Å². The van der Waals surface area contributed by atoms with Crippen LogP contribution in [0.15, 0.2) is 0 Å². The van der Waals surface area contributed by atoms with Gasteiger partial charge in [-0.25, -0.2) is 0 Å². The molecule has 58 valence electrons. The Morgan fingerprint density at radius 3 is 0.250 bits per heavy atom. The molecule has 0 atom stereocenters. The van der Waals surface area contributed by atoms with Gasteiger partial charge in [-0.2, -0.15) is 0 Å². The van der Waals surface area contributed by atoms with Crippen LogP contribution in [0.25, 0.3) is 0 Å². The van der Waals surface area contributed by atoms with Crippen molar-refractivity contribution < 1.29 is 38.3 Å². The van der Waals surface area contributed by atoms with Crippen molar-refractivity contribution in [1.29, 1.82) is 0 Å². The molecular formula is H15KO7. The van der Waals surface area contributed by atoms with Gasteiger partial charge in [0.1, 0.15) is 0 Å². The van der Waals surface area contributed by atoms with E-state index in [9.17, 15) is 0 Å². The van der Waals surface area contributed by atoms with Crippen molar-refractivity contribution in [3.63, 3.8) is 0 Å². The molecule has 0 spiro atoms. The number of hydrogen-bond acceptors (Lipinski definition) is 0. The molecule has 0 aromatic heterocycles. The van der Waals surface area contributed by atoms with Crippen LogP contribution in [0.2, 0.25) is 0 Å². The number of rotatable bonds is 0. The van der Waals surface area contributed by atoms with Crippen molar-refractivity contribution in [1.82, 2.24) is 0 Å². The van der Waals surface area contributed by atoms with E-state index in [-0.39, 0.29) is 89.7 Å². The van der Waals surface area contributed by atoms with Crippen LogP contribution in [0, 0.1) is 0 Å². The van der Waals surface area contributed by atoms with E-state index < -0.39 is 0 Å². The summed E-state index contributed by atoms with van der Waals surface area (Å²) in [5.74, 6) is 0. The molecular weight excluding hydrogens is 151 g/mol. The normalized spacial score (nSPS) is 0. The first-order valence-electron chi connectivity index (χ1n) is 0. The summed E-state index contributed by atoms with van der Waals surface area (Å²) in [5.41, 5.74) is 0. The topological polar surface area (TPSA) is 220 Å². The van der Waals surface area contributed by atoms with Crippen LogP contribution < -0.4 is 0 Å². The SMILES string of the molecule is O.O.O.O.O.O.O.[KH]. The molecule has 0 unspecified atom stereocenters. The summed E-state index contributed by atoms with van der Waals surface area (Å²) in [6.07, 6.45) is 0. The average Bonchev–Trinajstić information content (AvgIpc) is 0. The third kappa shape index (κ3) is 162. The molecule has 0 amide bonds. The van der Waals surface area contributed by atoms with Crippen molar-refractivity contribution in [2.75, 3.05) is 0 Å². The first-order valence-corrected chi connectivity index (χ1v) is 0. The Morgan fingerprint density at radius 2 is 0.250 bits per heavy atom. The summed E-state index contributed by atoms with van der Waals surface area (Å²) in [6.45, 7) is 0. The van der Waals surface area contributed by atoms with E-state index in [1.165, 1.54) is 0 Å². The second-order valence-electron chi connectivity index (χ2n) is 0. The fourth-order valence-corrected chi connectivity index (χ4v) is 0. The quantitative estimate of drug-likeness (QED) is 0.306. The van der Waals surface area contributed by atoms with E-state index in [1.54, 1.807) is 0 Å². The van der Waals surface area contributed by atoms with Crippen LogP contribution in [-0.4, -0.2) is 89.7 Å². The average molecular weight is 166 g/mol. The summed E-state index contributed by atoms with van der Waals surface area (Å²) in [7, 11) is 0. The Balaban J connectivity index is 0. The molecule has 0 bridgehead atoms. The number of hydrogen-bond donors (Lipinski definition) is 0. The zero-order valence-electron chi connectivity index (χ0n) is 3.50. The van der Waals surface area contributed by atoms with Gasteiger partial charge in [0.2, 0.25) is 0 Å². The van der Waals surface area contributed by atoms with E-state index in [0.717, 1.165) is 0 Å². The van der Waals surface area contributed by atoms with Gasteiger partial charge in [-0.3, -0.25) is 0 Å². The molecule has 0 saturated carbocycles. The third-order valence-corrected chi connectivity index (χ3v) is 0. The molecule has 0 aromatic carbocycles. The molecule has 0 aliphatic carbocycles. The fraction of sp³-hybridized carbons (Fsp3) is 0. The van der Waals surface area contributed by atoms with Gasteiger partial charge >= 0.3 is 51.4 Å². The minimum absolute atomic E-state index is 0. The van der Waals surface area contributed by atoms with E-state index in [0.29, 0.717) is 0 Å². The summed E-state index contributed by atoms with van der Waals surface area (Å²) < 4.78 is 0. The molecule has 0 rings (SSSR count). The molecule has 0 fully saturated rings. The van der Waals surface area contributed by atoms with Crippen molar-refractivity contribution >= 4 is 51.4 Å². The van der Waals surface area contributed by atoms with Gasteiger partial charge < -0.3 is 38.3 Å². The van der Waals surface area contributed by atoms with Crippen molar-refractivity contribution in [2.24, 2.45) is 0 Å². The Kier molecular flexibility index (Phi) is 10900. The van der Waals surface area contributed by atoms with Crippen LogP contribution in [0.3, 0.4) is 0 Å². The zero-order chi connectivity index (χ0) is 0. The van der Waals surface area contributed by atoms with E-state index in [2.05, 4.69) is 0 Å². The van der Waals surface area contributed by atoms with Crippen LogP contribution >= 0.6 is 0 Å². The minimum atomic E-state index is 0. The molecule has 8 heteroatoms. The van der Waals surface area contributed by atoms with Crippen molar-refractivity contribution in [3.05, 3.63) is 0 Å². The fourth-order valence-electron chi connectivity index (χ4n) is 0. The molecule has 0 aliphatic rings. The first kappa shape index (κ1) is 355. The molecule has 0 aromatic rings. The molecule has 0 aliphatic heterocycles. The standard InChI is InChI=1S/K.7H2O.H/h;7*1H2;. The Bertz CT molecular complexity index is 4.35. The summed E-state index contributed by atoms with van der Waals surface area (Å²) in [4.78, 5) is 0. The molecule has 0 heterocycles. The molecule has 8 heavy (non-hydrogen) atoms. The van der Waals surface area contributed by atoms with Crippen LogP contribution in [0.4, 0.5) is 0 Å². The van der Waals surface area contributed by atoms with Gasteiger partial charge in [0.15, 0.2) is 0 Å². The molecule has 7 nitrogen and oxygen atoms in total. The van der Waals surface area contributed by atoms with E-state index in [1.807, 2.05) is 0 Å². The second-order valence-corrected chi connectivity index (χ2v) is 0. The van der Waals surface area contributed by atoms with Gasteiger partial charge in [-0.05, 0) is 0 Å². The Hall–Kier alpha value is 1.36. The van der Waals surface area contributed by atoms with Crippen LogP contribution in [0.5, 0.6) is 0 Å². The van der Waals surface area contributed by atoms with Crippen molar-refractivity contribution in [3.8, 4) is 0 Å².